The summed E-state index contributed by atoms with van der Waals surface area (Å²) >= 11 is 0. The molecule has 51 heavy (non-hydrogen) atoms. The molecule has 1 heterocycles. The summed E-state index contributed by atoms with van der Waals surface area (Å²) in [4.78, 5) is 56.0. The molecular formula is C41H62N4O6. The van der Waals surface area contributed by atoms with Crippen molar-refractivity contribution in [3.05, 3.63) is 29.4 Å². The molecule has 2 amide bonds. The minimum atomic E-state index is -1.15. The number of aliphatic carboxylic acids is 1. The first-order valence-corrected chi connectivity index (χ1v) is 19.5. The highest BCUT2D eigenvalue weighted by Gasteiger charge is 2.66. The van der Waals surface area contributed by atoms with E-state index in [0.29, 0.717) is 37.3 Å². The molecule has 1 aromatic rings. The summed E-state index contributed by atoms with van der Waals surface area (Å²) in [6, 6.07) is -0.241. The Balaban J connectivity index is 1.20. The van der Waals surface area contributed by atoms with Gasteiger partial charge in [-0.05, 0) is 128 Å². The lowest BCUT2D eigenvalue weighted by atomic mass is 9.36. The van der Waals surface area contributed by atoms with Crippen molar-refractivity contribution in [3.63, 3.8) is 0 Å². The van der Waals surface area contributed by atoms with Crippen LogP contribution in [0.1, 0.15) is 125 Å². The summed E-state index contributed by atoms with van der Waals surface area (Å²) in [5.74, 6) is 1.63. The molecule has 0 aromatic carbocycles. The third-order valence-electron chi connectivity index (χ3n) is 15.1. The average molecular weight is 707 g/mol. The fourth-order valence-corrected chi connectivity index (χ4v) is 12.5. The monoisotopic (exact) mass is 706 g/mol. The van der Waals surface area contributed by atoms with Gasteiger partial charge in [-0.2, -0.15) is 0 Å². The molecule has 8 atom stereocenters. The van der Waals surface area contributed by atoms with E-state index in [-0.39, 0.29) is 52.2 Å². The molecule has 10 nitrogen and oxygen atoms in total. The third kappa shape index (κ3) is 6.24. The Bertz CT molecular complexity index is 1610. The Morgan fingerprint density at radius 2 is 1.73 bits per heavy atom. The van der Waals surface area contributed by atoms with Crippen LogP contribution in [0.15, 0.2) is 23.5 Å². The van der Waals surface area contributed by atoms with Crippen LogP contribution in [0.4, 0.5) is 4.79 Å². The molecule has 5 aliphatic carbocycles. The maximum Gasteiger partial charge on any atom is 0.315 e. The van der Waals surface area contributed by atoms with Crippen molar-refractivity contribution in [1.82, 2.24) is 20.2 Å². The molecule has 1 aromatic heterocycles. The first kappa shape index (κ1) is 37.6. The lowest BCUT2D eigenvalue weighted by Crippen LogP contribution is -2.64. The number of hydrogen-bond donors (Lipinski definition) is 3. The number of aryl methyl sites for hydroxylation is 1. The number of carbonyl (C=O) groups is 4. The van der Waals surface area contributed by atoms with E-state index in [1.807, 2.05) is 17.8 Å². The molecule has 282 valence electrons. The minimum absolute atomic E-state index is 0.0348. The quantitative estimate of drug-likeness (QED) is 0.231. The first-order valence-electron chi connectivity index (χ1n) is 19.5. The number of imidazole rings is 1. The molecule has 0 aliphatic heterocycles. The van der Waals surface area contributed by atoms with Gasteiger partial charge in [-0.15, -0.1) is 0 Å². The molecule has 6 rings (SSSR count). The van der Waals surface area contributed by atoms with Gasteiger partial charge in [-0.25, -0.2) is 9.78 Å². The van der Waals surface area contributed by atoms with Gasteiger partial charge in [-0.1, -0.05) is 41.5 Å². The number of allylic oxidation sites excluding steroid dienone is 1. The summed E-state index contributed by atoms with van der Waals surface area (Å²) in [7, 11) is 1.91. The number of carbonyl (C=O) groups excluding carboxylic acids is 3. The Hall–Kier alpha value is -3.17. The van der Waals surface area contributed by atoms with E-state index in [0.717, 1.165) is 62.8 Å². The van der Waals surface area contributed by atoms with Crippen molar-refractivity contribution in [2.45, 2.75) is 132 Å². The fraction of sp³-hybridized carbons (Fsp3) is 0.780. The fourth-order valence-electron chi connectivity index (χ4n) is 12.5. The number of aromatic nitrogens is 2. The van der Waals surface area contributed by atoms with Crippen LogP contribution < -0.4 is 10.6 Å². The maximum atomic E-state index is 13.8. The van der Waals surface area contributed by atoms with E-state index in [4.69, 9.17) is 4.74 Å². The molecule has 4 fully saturated rings. The van der Waals surface area contributed by atoms with Crippen LogP contribution in [0, 0.1) is 57.2 Å². The van der Waals surface area contributed by atoms with E-state index in [2.05, 4.69) is 57.2 Å². The lowest BCUT2D eigenvalue weighted by molar-refractivity contribution is -0.196. The van der Waals surface area contributed by atoms with Crippen LogP contribution in [-0.2, 0) is 32.7 Å². The number of ether oxygens (including phenoxy) is 1. The summed E-state index contributed by atoms with van der Waals surface area (Å²) in [5.41, 5.74) is 0.639. The van der Waals surface area contributed by atoms with E-state index in [1.165, 1.54) is 5.57 Å². The van der Waals surface area contributed by atoms with Gasteiger partial charge in [0.05, 0.1) is 30.5 Å². The number of nitrogens with zero attached hydrogens (tertiary/aromatic N) is 2. The SMILES string of the molecule is CC(C)C1=C2[C@H]3CCC4[C@@](C)(CCC5C(C)(C)[C@@H](COC(=O)CC(C)(C)C(=O)O)CC[C@@]54C)C3CC[C@@]2(NC(=O)NCc2nccn2C)CC1=O. The molecule has 4 saturated carbocycles. The second-order valence-corrected chi connectivity index (χ2v) is 19.0. The number of Topliss-reactive ketones (excluding diaryl/α,β-unsaturated/α-hetero) is 1. The van der Waals surface area contributed by atoms with E-state index in [1.54, 1.807) is 20.0 Å². The van der Waals surface area contributed by atoms with Gasteiger partial charge in [0.25, 0.3) is 0 Å². The molecular weight excluding hydrogens is 644 g/mol. The molecule has 10 heteroatoms. The number of urea groups is 1. The van der Waals surface area contributed by atoms with Crippen LogP contribution in [-0.4, -0.2) is 50.6 Å². The number of carboxylic acid groups (broad SMARTS) is 1. The zero-order valence-corrected chi connectivity index (χ0v) is 32.5. The molecule has 0 spiro atoms. The summed E-state index contributed by atoms with van der Waals surface area (Å²) < 4.78 is 7.69. The van der Waals surface area contributed by atoms with Crippen molar-refractivity contribution in [1.29, 1.82) is 0 Å². The molecule has 5 aliphatic rings. The van der Waals surface area contributed by atoms with Crippen LogP contribution in [0.5, 0.6) is 0 Å². The number of esters is 1. The number of hydrogen-bond acceptors (Lipinski definition) is 6. The number of nitrogens with one attached hydrogen (secondary N) is 2. The smallest absolute Gasteiger partial charge is 0.315 e. The zero-order valence-electron chi connectivity index (χ0n) is 32.5. The Morgan fingerprint density at radius 3 is 2.37 bits per heavy atom. The van der Waals surface area contributed by atoms with Crippen molar-refractivity contribution >= 4 is 23.8 Å². The highest BCUT2D eigenvalue weighted by molar-refractivity contribution is 6.02. The van der Waals surface area contributed by atoms with Crippen molar-refractivity contribution < 1.29 is 29.0 Å². The van der Waals surface area contributed by atoms with Gasteiger partial charge in [0.1, 0.15) is 5.82 Å². The number of ketones is 1. The van der Waals surface area contributed by atoms with Gasteiger partial charge < -0.3 is 25.0 Å². The van der Waals surface area contributed by atoms with Gasteiger partial charge in [-0.3, -0.25) is 14.4 Å². The van der Waals surface area contributed by atoms with Crippen LogP contribution in [0.2, 0.25) is 0 Å². The normalized spacial score (nSPS) is 35.7. The molecule has 3 unspecified atom stereocenters. The Kier molecular flexibility index (Phi) is 9.61. The van der Waals surface area contributed by atoms with E-state index in [9.17, 15) is 24.3 Å². The van der Waals surface area contributed by atoms with E-state index >= 15 is 0 Å². The number of rotatable bonds is 9. The molecule has 0 bridgehead atoms. The Labute approximate surface area is 304 Å². The number of carboxylic acids is 1. The van der Waals surface area contributed by atoms with Crippen molar-refractivity contribution in [3.8, 4) is 0 Å². The topological polar surface area (TPSA) is 140 Å². The van der Waals surface area contributed by atoms with Crippen LogP contribution in [0.3, 0.4) is 0 Å². The zero-order chi connectivity index (χ0) is 37.3. The number of amides is 2. The number of fused-ring (bicyclic) bond motifs is 7. The predicted molar refractivity (Wildman–Crippen MR) is 194 cm³/mol. The van der Waals surface area contributed by atoms with E-state index < -0.39 is 22.9 Å². The maximum absolute atomic E-state index is 13.8. The highest BCUT2D eigenvalue weighted by Crippen LogP contribution is 2.72. The molecule has 0 radical (unpaired) electrons. The second-order valence-electron chi connectivity index (χ2n) is 19.0. The summed E-state index contributed by atoms with van der Waals surface area (Å²) in [6.45, 7) is 17.9. The van der Waals surface area contributed by atoms with Crippen LogP contribution in [0.25, 0.3) is 0 Å². The van der Waals surface area contributed by atoms with Gasteiger partial charge in [0, 0.05) is 25.9 Å². The Morgan fingerprint density at radius 1 is 1.02 bits per heavy atom. The highest BCUT2D eigenvalue weighted by atomic mass is 16.5. The first-order chi connectivity index (χ1) is 23.8. The van der Waals surface area contributed by atoms with Gasteiger partial charge in [0.2, 0.25) is 0 Å². The average Bonchev–Trinajstić information content (AvgIpc) is 3.57. The van der Waals surface area contributed by atoms with Crippen LogP contribution >= 0.6 is 0 Å². The molecule has 3 N–H and O–H groups in total. The third-order valence-corrected chi connectivity index (χ3v) is 15.1. The van der Waals surface area contributed by atoms with Gasteiger partial charge in [0.15, 0.2) is 5.78 Å². The van der Waals surface area contributed by atoms with Crippen molar-refractivity contribution in [2.24, 2.45) is 64.2 Å². The van der Waals surface area contributed by atoms with Gasteiger partial charge >= 0.3 is 18.0 Å². The summed E-state index contributed by atoms with van der Waals surface area (Å²) in [5, 5.41) is 15.9. The summed E-state index contributed by atoms with van der Waals surface area (Å²) in [6.07, 6.45) is 12.0. The largest absolute Gasteiger partial charge is 0.481 e. The predicted octanol–water partition coefficient (Wildman–Crippen LogP) is 7.22. The standard InChI is InChI=1S/C41H62N4O6/c1-24(2)33-28(46)20-41(44-36(50)43-22-31-42-18-19-45(31)9)17-13-27-26(34(33)41)10-11-30-39(27,7)16-14-29-38(5,6)25(12-15-40(29,30)8)23-51-32(47)21-37(3,4)35(48)49/h18-19,24-27,29-30H,10-17,20-23H2,1-9H3,(H,48,49)(H2,43,44,50)/t25-,26+,27?,29?,30?,39+,40+,41-/m1/s1. The second kappa shape index (κ2) is 13.0. The lowest BCUT2D eigenvalue weighted by Gasteiger charge is -2.69. The molecule has 0 saturated heterocycles. The minimum Gasteiger partial charge on any atom is -0.481 e. The van der Waals surface area contributed by atoms with Crippen molar-refractivity contribution in [2.75, 3.05) is 6.61 Å².